The van der Waals surface area contributed by atoms with Crippen molar-refractivity contribution < 1.29 is 14.3 Å². The molecule has 1 N–H and O–H groups in total. The average Bonchev–Trinajstić information content (AvgIpc) is 2.70. The number of rotatable bonds is 9. The largest absolute Gasteiger partial charge is 0.497 e. The zero-order chi connectivity index (χ0) is 18.9. The molecule has 2 rings (SSSR count). The van der Waals surface area contributed by atoms with E-state index in [1.807, 2.05) is 48.5 Å². The van der Waals surface area contributed by atoms with Gasteiger partial charge in [0.1, 0.15) is 17.5 Å². The number of amides is 1. The molecule has 26 heavy (non-hydrogen) atoms. The van der Waals surface area contributed by atoms with Crippen molar-refractivity contribution >= 4 is 5.91 Å². The molecule has 1 atom stereocenters. The van der Waals surface area contributed by atoms with Crippen LogP contribution >= 0.6 is 0 Å². The summed E-state index contributed by atoms with van der Waals surface area (Å²) in [4.78, 5) is 15.2. The molecule has 0 radical (unpaired) electrons. The molecule has 0 saturated carbocycles. The van der Waals surface area contributed by atoms with Crippen LogP contribution in [0.2, 0.25) is 0 Å². The summed E-state index contributed by atoms with van der Waals surface area (Å²) in [5.74, 6) is 1.44. The maximum Gasteiger partial charge on any atom is 0.242 e. The smallest absolute Gasteiger partial charge is 0.242 e. The fraction of sp³-hybridized carbons (Fsp3) is 0.381. The molecule has 1 amide bonds. The predicted octanol–water partition coefficient (Wildman–Crippen LogP) is 3.40. The fourth-order valence-electron chi connectivity index (χ4n) is 3.05. The molecule has 0 fully saturated rings. The normalized spacial score (nSPS) is 11.9. The van der Waals surface area contributed by atoms with Crippen LogP contribution in [0.15, 0.2) is 48.5 Å². The summed E-state index contributed by atoms with van der Waals surface area (Å²) < 4.78 is 10.7. The summed E-state index contributed by atoms with van der Waals surface area (Å²) >= 11 is 0. The van der Waals surface area contributed by atoms with Crippen molar-refractivity contribution in [3.05, 3.63) is 59.7 Å². The Labute approximate surface area is 155 Å². The molecule has 2 aromatic carbocycles. The van der Waals surface area contributed by atoms with Crippen molar-refractivity contribution in [3.8, 4) is 11.5 Å². The van der Waals surface area contributed by atoms with E-state index < -0.39 is 0 Å². The van der Waals surface area contributed by atoms with Crippen molar-refractivity contribution in [1.82, 2.24) is 10.2 Å². The third kappa shape index (κ3) is 4.76. The summed E-state index contributed by atoms with van der Waals surface area (Å²) in [6.07, 6.45) is 0. The Bertz CT molecular complexity index is 700. The van der Waals surface area contributed by atoms with Gasteiger partial charge in [-0.3, -0.25) is 9.69 Å². The molecule has 0 spiro atoms. The van der Waals surface area contributed by atoms with Crippen LogP contribution in [0.3, 0.4) is 0 Å². The van der Waals surface area contributed by atoms with Crippen LogP contribution < -0.4 is 14.8 Å². The van der Waals surface area contributed by atoms with E-state index in [9.17, 15) is 4.79 Å². The van der Waals surface area contributed by atoms with Crippen LogP contribution in [-0.2, 0) is 11.3 Å². The quantitative estimate of drug-likeness (QED) is 0.748. The molecule has 0 aliphatic heterocycles. The van der Waals surface area contributed by atoms with E-state index in [2.05, 4.69) is 24.1 Å². The molecule has 0 aliphatic carbocycles. The number of nitrogens with zero attached hydrogens (tertiary/aromatic N) is 1. The van der Waals surface area contributed by atoms with Crippen LogP contribution in [-0.4, -0.2) is 38.1 Å². The molecular formula is C21H28N2O3. The average molecular weight is 356 g/mol. The van der Waals surface area contributed by atoms with Gasteiger partial charge in [-0.15, -0.1) is 0 Å². The third-order valence-corrected chi connectivity index (χ3v) is 4.48. The maximum atomic E-state index is 13.0. The van der Waals surface area contributed by atoms with Gasteiger partial charge in [-0.05, 0) is 36.9 Å². The van der Waals surface area contributed by atoms with E-state index >= 15 is 0 Å². The standard InChI is InChI=1S/C21H28N2O3/c1-5-23(6-2)20(16-10-8-7-9-11-16)21(24)22-15-17-14-18(25-3)12-13-19(17)26-4/h7-14,20H,5-6,15H2,1-4H3,(H,22,24). The predicted molar refractivity (Wildman–Crippen MR) is 103 cm³/mol. The van der Waals surface area contributed by atoms with Crippen LogP contribution in [0, 0.1) is 0 Å². The Morgan fingerprint density at radius 2 is 1.73 bits per heavy atom. The Kier molecular flexibility index (Phi) is 7.48. The molecule has 0 aromatic heterocycles. The molecule has 0 bridgehead atoms. The lowest BCUT2D eigenvalue weighted by Crippen LogP contribution is -2.40. The summed E-state index contributed by atoms with van der Waals surface area (Å²) in [6.45, 7) is 6.11. The number of hydrogen-bond donors (Lipinski definition) is 1. The minimum absolute atomic E-state index is 0.0234. The first-order valence-corrected chi connectivity index (χ1v) is 8.92. The second-order valence-corrected chi connectivity index (χ2v) is 5.93. The van der Waals surface area contributed by atoms with Gasteiger partial charge in [-0.25, -0.2) is 0 Å². The summed E-state index contributed by atoms with van der Waals surface area (Å²) in [6, 6.07) is 15.1. The van der Waals surface area contributed by atoms with E-state index in [-0.39, 0.29) is 11.9 Å². The zero-order valence-corrected chi connectivity index (χ0v) is 16.0. The Morgan fingerprint density at radius 1 is 1.04 bits per heavy atom. The Hall–Kier alpha value is -2.53. The van der Waals surface area contributed by atoms with Gasteiger partial charge < -0.3 is 14.8 Å². The third-order valence-electron chi connectivity index (χ3n) is 4.48. The highest BCUT2D eigenvalue weighted by atomic mass is 16.5. The molecule has 140 valence electrons. The molecular weight excluding hydrogens is 328 g/mol. The van der Waals surface area contributed by atoms with Crippen LogP contribution in [0.4, 0.5) is 0 Å². The molecule has 0 heterocycles. The zero-order valence-electron chi connectivity index (χ0n) is 16.0. The van der Waals surface area contributed by atoms with Gasteiger partial charge in [-0.1, -0.05) is 44.2 Å². The first-order valence-electron chi connectivity index (χ1n) is 8.92. The van der Waals surface area contributed by atoms with Gasteiger partial charge in [0.25, 0.3) is 0 Å². The lowest BCUT2D eigenvalue weighted by molar-refractivity contribution is -0.126. The van der Waals surface area contributed by atoms with E-state index in [4.69, 9.17) is 9.47 Å². The summed E-state index contributed by atoms with van der Waals surface area (Å²) in [7, 11) is 3.24. The molecule has 2 aromatic rings. The van der Waals surface area contributed by atoms with Crippen molar-refractivity contribution in [2.45, 2.75) is 26.4 Å². The summed E-state index contributed by atoms with van der Waals surface area (Å²) in [5, 5.41) is 3.06. The van der Waals surface area contributed by atoms with Crippen molar-refractivity contribution in [2.24, 2.45) is 0 Å². The first kappa shape index (κ1) is 19.8. The molecule has 1 unspecified atom stereocenters. The Balaban J connectivity index is 2.20. The van der Waals surface area contributed by atoms with Gasteiger partial charge in [-0.2, -0.15) is 0 Å². The fourth-order valence-corrected chi connectivity index (χ4v) is 3.05. The Morgan fingerprint density at radius 3 is 2.31 bits per heavy atom. The number of nitrogens with one attached hydrogen (secondary N) is 1. The highest BCUT2D eigenvalue weighted by Gasteiger charge is 2.25. The van der Waals surface area contributed by atoms with Gasteiger partial charge in [0.2, 0.25) is 5.91 Å². The SMILES string of the molecule is CCN(CC)C(C(=O)NCc1cc(OC)ccc1OC)c1ccccc1. The molecule has 5 heteroatoms. The molecule has 5 nitrogen and oxygen atoms in total. The number of carbonyl (C=O) groups is 1. The highest BCUT2D eigenvalue weighted by Crippen LogP contribution is 2.25. The van der Waals surface area contributed by atoms with Gasteiger partial charge in [0, 0.05) is 12.1 Å². The minimum Gasteiger partial charge on any atom is -0.497 e. The monoisotopic (exact) mass is 356 g/mol. The number of benzene rings is 2. The number of ether oxygens (including phenoxy) is 2. The number of hydrogen-bond acceptors (Lipinski definition) is 4. The van der Waals surface area contributed by atoms with E-state index in [0.717, 1.165) is 35.7 Å². The lowest BCUT2D eigenvalue weighted by Gasteiger charge is -2.29. The first-order chi connectivity index (χ1) is 12.6. The van der Waals surface area contributed by atoms with Crippen molar-refractivity contribution in [1.29, 1.82) is 0 Å². The van der Waals surface area contributed by atoms with Crippen molar-refractivity contribution in [3.63, 3.8) is 0 Å². The van der Waals surface area contributed by atoms with Gasteiger partial charge in [0.05, 0.1) is 14.2 Å². The highest BCUT2D eigenvalue weighted by molar-refractivity contribution is 5.83. The lowest BCUT2D eigenvalue weighted by atomic mass is 10.0. The van der Waals surface area contributed by atoms with Crippen LogP contribution in [0.5, 0.6) is 11.5 Å². The number of methoxy groups -OCH3 is 2. The molecule has 0 aliphatic rings. The number of carbonyl (C=O) groups excluding carboxylic acids is 1. The maximum absolute atomic E-state index is 13.0. The summed E-state index contributed by atoms with van der Waals surface area (Å²) in [5.41, 5.74) is 1.87. The van der Waals surface area contributed by atoms with Crippen LogP contribution in [0.1, 0.15) is 31.0 Å². The van der Waals surface area contributed by atoms with E-state index in [0.29, 0.717) is 6.54 Å². The van der Waals surface area contributed by atoms with Crippen LogP contribution in [0.25, 0.3) is 0 Å². The topological polar surface area (TPSA) is 50.8 Å². The van der Waals surface area contributed by atoms with E-state index in [1.165, 1.54) is 0 Å². The number of likely N-dealkylation sites (N-methyl/N-ethyl adjacent to an activating group) is 1. The van der Waals surface area contributed by atoms with Gasteiger partial charge in [0.15, 0.2) is 0 Å². The second-order valence-electron chi connectivity index (χ2n) is 5.93. The second kappa shape index (κ2) is 9.82. The van der Waals surface area contributed by atoms with Gasteiger partial charge >= 0.3 is 0 Å². The molecule has 0 saturated heterocycles. The van der Waals surface area contributed by atoms with E-state index in [1.54, 1.807) is 14.2 Å². The minimum atomic E-state index is -0.317. The van der Waals surface area contributed by atoms with Crippen molar-refractivity contribution in [2.75, 3.05) is 27.3 Å².